The van der Waals surface area contributed by atoms with Gasteiger partial charge in [-0.2, -0.15) is 0 Å². The van der Waals surface area contributed by atoms with Crippen LogP contribution in [0.25, 0.3) is 0 Å². The Bertz CT molecular complexity index is 730. The lowest BCUT2D eigenvalue weighted by Gasteiger charge is -2.07. The minimum Gasteiger partial charge on any atom is -0.497 e. The maximum absolute atomic E-state index is 11.4. The SMILES string of the molecule is COC(=O)Cc1ccc([N+](=O)[O-])c(SCc2ccc(OC)cc2)c1. The second-order valence-electron chi connectivity index (χ2n) is 4.95. The van der Waals surface area contributed by atoms with E-state index in [0.717, 1.165) is 11.3 Å². The van der Waals surface area contributed by atoms with Crippen LogP contribution in [0.3, 0.4) is 0 Å². The van der Waals surface area contributed by atoms with Gasteiger partial charge in [-0.1, -0.05) is 18.2 Å². The number of thioether (sulfide) groups is 1. The number of rotatable bonds is 7. The van der Waals surface area contributed by atoms with Crippen LogP contribution in [0.1, 0.15) is 11.1 Å². The van der Waals surface area contributed by atoms with E-state index in [1.807, 2.05) is 24.3 Å². The number of hydrogen-bond acceptors (Lipinski definition) is 6. The van der Waals surface area contributed by atoms with Crippen molar-refractivity contribution in [3.63, 3.8) is 0 Å². The molecule has 2 aromatic rings. The standard InChI is InChI=1S/C17H17NO5S/c1-22-14-6-3-12(4-7-14)11-24-16-9-13(10-17(19)23-2)5-8-15(16)18(20)21/h3-9H,10-11H2,1-2H3. The number of ether oxygens (including phenoxy) is 2. The zero-order chi connectivity index (χ0) is 17.5. The second kappa shape index (κ2) is 8.35. The molecule has 0 heterocycles. The van der Waals surface area contributed by atoms with Gasteiger partial charge in [0.2, 0.25) is 0 Å². The molecule has 0 saturated carbocycles. The summed E-state index contributed by atoms with van der Waals surface area (Å²) >= 11 is 1.36. The van der Waals surface area contributed by atoms with Crippen molar-refractivity contribution in [1.82, 2.24) is 0 Å². The predicted octanol–water partition coefficient (Wildman–Crippen LogP) is 3.61. The average molecular weight is 347 g/mol. The maximum atomic E-state index is 11.4. The van der Waals surface area contributed by atoms with Crippen LogP contribution in [0.4, 0.5) is 5.69 Å². The lowest BCUT2D eigenvalue weighted by molar-refractivity contribution is -0.387. The summed E-state index contributed by atoms with van der Waals surface area (Å²) in [6, 6.07) is 12.2. The van der Waals surface area contributed by atoms with Crippen LogP contribution in [0.5, 0.6) is 5.75 Å². The van der Waals surface area contributed by atoms with E-state index in [0.29, 0.717) is 16.2 Å². The minimum absolute atomic E-state index is 0.0297. The summed E-state index contributed by atoms with van der Waals surface area (Å²) in [7, 11) is 2.91. The number of nitro benzene ring substituents is 1. The smallest absolute Gasteiger partial charge is 0.309 e. The highest BCUT2D eigenvalue weighted by Gasteiger charge is 2.16. The summed E-state index contributed by atoms with van der Waals surface area (Å²) in [6.07, 6.45) is 0.0879. The highest BCUT2D eigenvalue weighted by molar-refractivity contribution is 7.98. The second-order valence-corrected chi connectivity index (χ2v) is 5.97. The average Bonchev–Trinajstić information content (AvgIpc) is 2.60. The first kappa shape index (κ1) is 17.8. The summed E-state index contributed by atoms with van der Waals surface area (Å²) in [5.74, 6) is 0.955. The molecule has 0 saturated heterocycles. The van der Waals surface area contributed by atoms with Crippen molar-refractivity contribution in [2.75, 3.05) is 14.2 Å². The number of hydrogen-bond donors (Lipinski definition) is 0. The van der Waals surface area contributed by atoms with Crippen molar-refractivity contribution in [3.05, 3.63) is 63.7 Å². The van der Waals surface area contributed by atoms with E-state index in [2.05, 4.69) is 4.74 Å². The Balaban J connectivity index is 2.17. The van der Waals surface area contributed by atoms with Crippen LogP contribution >= 0.6 is 11.8 Å². The van der Waals surface area contributed by atoms with Crippen molar-refractivity contribution >= 4 is 23.4 Å². The van der Waals surface area contributed by atoms with Gasteiger partial charge in [0.1, 0.15) is 5.75 Å². The van der Waals surface area contributed by atoms with Crippen molar-refractivity contribution in [3.8, 4) is 5.75 Å². The third-order valence-corrected chi connectivity index (χ3v) is 4.47. The third kappa shape index (κ3) is 4.73. The van der Waals surface area contributed by atoms with E-state index in [1.54, 1.807) is 19.2 Å². The van der Waals surface area contributed by atoms with Gasteiger partial charge in [0.25, 0.3) is 5.69 Å². The highest BCUT2D eigenvalue weighted by atomic mass is 32.2. The van der Waals surface area contributed by atoms with Gasteiger partial charge in [-0.15, -0.1) is 11.8 Å². The molecule has 2 rings (SSSR count). The first-order chi connectivity index (χ1) is 11.5. The van der Waals surface area contributed by atoms with Gasteiger partial charge in [0.15, 0.2) is 0 Å². The van der Waals surface area contributed by atoms with Gasteiger partial charge in [0.05, 0.1) is 30.5 Å². The Hall–Kier alpha value is -2.54. The summed E-state index contributed by atoms with van der Waals surface area (Å²) in [4.78, 5) is 22.7. The van der Waals surface area contributed by atoms with Crippen LogP contribution in [-0.2, 0) is 21.7 Å². The molecule has 6 nitrogen and oxygen atoms in total. The van der Waals surface area contributed by atoms with Gasteiger partial charge >= 0.3 is 5.97 Å². The van der Waals surface area contributed by atoms with Crippen molar-refractivity contribution in [2.45, 2.75) is 17.1 Å². The molecule has 0 spiro atoms. The van der Waals surface area contributed by atoms with Gasteiger partial charge in [-0.05, 0) is 29.3 Å². The van der Waals surface area contributed by atoms with E-state index in [4.69, 9.17) is 4.74 Å². The van der Waals surface area contributed by atoms with Crippen LogP contribution in [0.15, 0.2) is 47.4 Å². The normalized spacial score (nSPS) is 10.2. The fourth-order valence-electron chi connectivity index (χ4n) is 2.06. The lowest BCUT2D eigenvalue weighted by Crippen LogP contribution is -2.04. The number of carbonyl (C=O) groups is 1. The number of benzene rings is 2. The lowest BCUT2D eigenvalue weighted by atomic mass is 10.1. The molecule has 0 N–H and O–H groups in total. The summed E-state index contributed by atoms with van der Waals surface area (Å²) in [5.41, 5.74) is 1.74. The van der Waals surface area contributed by atoms with E-state index in [9.17, 15) is 14.9 Å². The van der Waals surface area contributed by atoms with Crippen LogP contribution in [0, 0.1) is 10.1 Å². The molecule has 126 valence electrons. The molecule has 0 aliphatic heterocycles. The zero-order valence-corrected chi connectivity index (χ0v) is 14.2. The molecule has 0 unspecified atom stereocenters. The van der Waals surface area contributed by atoms with Crippen LogP contribution in [0.2, 0.25) is 0 Å². The summed E-state index contributed by atoms with van der Waals surface area (Å²) in [6.45, 7) is 0. The Labute approximate surface area is 143 Å². The van der Waals surface area contributed by atoms with E-state index >= 15 is 0 Å². The monoisotopic (exact) mass is 347 g/mol. The summed E-state index contributed by atoms with van der Waals surface area (Å²) in [5, 5.41) is 11.2. The quantitative estimate of drug-likeness (QED) is 0.329. The molecule has 2 aromatic carbocycles. The molecule has 0 bridgehead atoms. The number of nitrogens with zero attached hydrogens (tertiary/aromatic N) is 1. The Morgan fingerprint density at radius 3 is 2.38 bits per heavy atom. The molecule has 0 radical (unpaired) electrons. The van der Waals surface area contributed by atoms with Gasteiger partial charge in [-0.25, -0.2) is 0 Å². The Kier molecular flexibility index (Phi) is 6.20. The number of nitro groups is 1. The Morgan fingerprint density at radius 1 is 1.12 bits per heavy atom. The fraction of sp³-hybridized carbons (Fsp3) is 0.235. The molecule has 0 aliphatic carbocycles. The third-order valence-electron chi connectivity index (χ3n) is 3.35. The molecule has 0 amide bonds. The molecule has 0 aromatic heterocycles. The van der Waals surface area contributed by atoms with E-state index in [1.165, 1.54) is 24.9 Å². The Morgan fingerprint density at radius 2 is 1.79 bits per heavy atom. The maximum Gasteiger partial charge on any atom is 0.309 e. The number of carbonyl (C=O) groups excluding carboxylic acids is 1. The van der Waals surface area contributed by atoms with E-state index in [-0.39, 0.29) is 18.1 Å². The molecule has 0 aliphatic rings. The predicted molar refractivity (Wildman–Crippen MR) is 91.4 cm³/mol. The topological polar surface area (TPSA) is 78.7 Å². The van der Waals surface area contributed by atoms with Gasteiger partial charge in [-0.3, -0.25) is 14.9 Å². The van der Waals surface area contributed by atoms with Crippen molar-refractivity contribution < 1.29 is 19.2 Å². The molecule has 0 fully saturated rings. The molecular weight excluding hydrogens is 330 g/mol. The molecule has 24 heavy (non-hydrogen) atoms. The van der Waals surface area contributed by atoms with Gasteiger partial charge < -0.3 is 9.47 Å². The minimum atomic E-state index is -0.418. The largest absolute Gasteiger partial charge is 0.497 e. The molecule has 0 atom stereocenters. The van der Waals surface area contributed by atoms with Gasteiger partial charge in [0, 0.05) is 11.8 Å². The number of esters is 1. The van der Waals surface area contributed by atoms with Crippen molar-refractivity contribution in [2.24, 2.45) is 0 Å². The highest BCUT2D eigenvalue weighted by Crippen LogP contribution is 2.33. The molecular formula is C17H17NO5S. The van der Waals surface area contributed by atoms with Crippen LogP contribution in [-0.4, -0.2) is 25.1 Å². The number of methoxy groups -OCH3 is 2. The van der Waals surface area contributed by atoms with Crippen LogP contribution < -0.4 is 4.74 Å². The first-order valence-corrected chi connectivity index (χ1v) is 8.12. The summed E-state index contributed by atoms with van der Waals surface area (Å²) < 4.78 is 9.74. The van der Waals surface area contributed by atoms with E-state index < -0.39 is 4.92 Å². The van der Waals surface area contributed by atoms with Crippen molar-refractivity contribution in [1.29, 1.82) is 0 Å². The zero-order valence-electron chi connectivity index (χ0n) is 13.4. The fourth-order valence-corrected chi connectivity index (χ4v) is 3.10. The first-order valence-electron chi connectivity index (χ1n) is 7.13. The molecule has 7 heteroatoms.